The highest BCUT2D eigenvalue weighted by atomic mass is 16.5. The van der Waals surface area contributed by atoms with Crippen molar-refractivity contribution in [2.24, 2.45) is 5.18 Å². The standard InChI is InChI=1S/C23H26N2O3/c1-15-10-11-17-20(14-15)24-22(21(17)16-6-3-2-4-7-16)18-8-5-9-19(25-27)23(18)28-13-12-26/h5,8-11,14,16,24,26H,2-4,6-7,12-13H2,1H3. The third-order valence-electron chi connectivity index (χ3n) is 5.71. The van der Waals surface area contributed by atoms with Crippen LogP contribution in [-0.2, 0) is 0 Å². The molecule has 1 aliphatic carbocycles. The van der Waals surface area contributed by atoms with E-state index in [4.69, 9.17) is 4.74 Å². The normalized spacial score (nSPS) is 15.1. The number of para-hydroxylation sites is 1. The molecule has 0 atom stereocenters. The summed E-state index contributed by atoms with van der Waals surface area (Å²) in [6.07, 6.45) is 6.13. The third kappa shape index (κ3) is 3.42. The van der Waals surface area contributed by atoms with E-state index in [0.29, 0.717) is 11.7 Å². The maximum Gasteiger partial charge on any atom is 0.157 e. The molecule has 1 saturated carbocycles. The summed E-state index contributed by atoms with van der Waals surface area (Å²) in [6, 6.07) is 12.0. The van der Waals surface area contributed by atoms with Gasteiger partial charge in [0.05, 0.1) is 12.3 Å². The lowest BCUT2D eigenvalue weighted by Crippen LogP contribution is -2.07. The first-order valence-corrected chi connectivity index (χ1v) is 10.1. The molecule has 1 aromatic heterocycles. The second-order valence-corrected chi connectivity index (χ2v) is 7.61. The number of aliphatic hydroxyl groups is 1. The van der Waals surface area contributed by atoms with E-state index in [1.165, 1.54) is 48.6 Å². The second kappa shape index (κ2) is 8.15. The number of hydrogen-bond donors (Lipinski definition) is 2. The molecule has 1 heterocycles. The lowest BCUT2D eigenvalue weighted by molar-refractivity contribution is 0.202. The molecule has 5 nitrogen and oxygen atoms in total. The van der Waals surface area contributed by atoms with Crippen LogP contribution in [0.4, 0.5) is 5.69 Å². The Kier molecular flexibility index (Phi) is 5.44. The number of fused-ring (bicyclic) bond motifs is 1. The molecular formula is C23H26N2O3. The van der Waals surface area contributed by atoms with Crippen LogP contribution >= 0.6 is 0 Å². The van der Waals surface area contributed by atoms with E-state index in [-0.39, 0.29) is 18.9 Å². The predicted octanol–water partition coefficient (Wildman–Crippen LogP) is 5.96. The first-order valence-electron chi connectivity index (χ1n) is 10.1. The highest BCUT2D eigenvalue weighted by molar-refractivity contribution is 5.93. The zero-order valence-corrected chi connectivity index (χ0v) is 16.2. The lowest BCUT2D eigenvalue weighted by atomic mass is 9.81. The van der Waals surface area contributed by atoms with Gasteiger partial charge >= 0.3 is 0 Å². The summed E-state index contributed by atoms with van der Waals surface area (Å²) < 4.78 is 5.76. The fourth-order valence-electron chi connectivity index (χ4n) is 4.45. The Labute approximate surface area is 164 Å². The number of aliphatic hydroxyl groups excluding tert-OH is 1. The van der Waals surface area contributed by atoms with Crippen LogP contribution in [0.3, 0.4) is 0 Å². The van der Waals surface area contributed by atoms with Crippen molar-refractivity contribution in [3.63, 3.8) is 0 Å². The zero-order chi connectivity index (χ0) is 19.5. The van der Waals surface area contributed by atoms with Gasteiger partial charge in [0.1, 0.15) is 6.61 Å². The van der Waals surface area contributed by atoms with E-state index < -0.39 is 0 Å². The minimum atomic E-state index is -0.117. The van der Waals surface area contributed by atoms with Crippen molar-refractivity contribution in [3.8, 4) is 17.0 Å². The molecule has 2 N–H and O–H groups in total. The van der Waals surface area contributed by atoms with Gasteiger partial charge < -0.3 is 14.8 Å². The van der Waals surface area contributed by atoms with Crippen LogP contribution in [0.15, 0.2) is 41.6 Å². The van der Waals surface area contributed by atoms with Gasteiger partial charge in [0.15, 0.2) is 11.4 Å². The summed E-state index contributed by atoms with van der Waals surface area (Å²) >= 11 is 0. The van der Waals surface area contributed by atoms with Crippen LogP contribution in [0.25, 0.3) is 22.2 Å². The average molecular weight is 378 g/mol. The van der Waals surface area contributed by atoms with Crippen LogP contribution in [0.5, 0.6) is 5.75 Å². The maximum absolute atomic E-state index is 11.4. The van der Waals surface area contributed by atoms with Crippen LogP contribution in [-0.4, -0.2) is 23.3 Å². The van der Waals surface area contributed by atoms with Gasteiger partial charge in [0.25, 0.3) is 0 Å². The summed E-state index contributed by atoms with van der Waals surface area (Å²) in [4.78, 5) is 15.0. The molecule has 1 aliphatic rings. The van der Waals surface area contributed by atoms with Crippen molar-refractivity contribution in [2.45, 2.75) is 44.9 Å². The van der Waals surface area contributed by atoms with Gasteiger partial charge in [-0.2, -0.15) is 0 Å². The van der Waals surface area contributed by atoms with Crippen LogP contribution < -0.4 is 4.74 Å². The molecule has 0 spiro atoms. The van der Waals surface area contributed by atoms with Crippen LogP contribution in [0.2, 0.25) is 0 Å². The Hall–Kier alpha value is -2.66. The van der Waals surface area contributed by atoms with Crippen molar-refractivity contribution in [1.82, 2.24) is 4.98 Å². The smallest absolute Gasteiger partial charge is 0.157 e. The Morgan fingerprint density at radius 2 is 2.00 bits per heavy atom. The average Bonchev–Trinajstić information content (AvgIpc) is 3.10. The number of nitrogens with zero attached hydrogens (tertiary/aromatic N) is 1. The van der Waals surface area contributed by atoms with Gasteiger partial charge in [-0.05, 0) is 60.2 Å². The molecule has 1 fully saturated rings. The predicted molar refractivity (Wildman–Crippen MR) is 112 cm³/mol. The number of nitrogens with one attached hydrogen (secondary N) is 1. The summed E-state index contributed by atoms with van der Waals surface area (Å²) in [5.74, 6) is 0.922. The number of rotatable bonds is 6. The molecule has 0 bridgehead atoms. The van der Waals surface area contributed by atoms with Gasteiger partial charge in [-0.25, -0.2) is 0 Å². The van der Waals surface area contributed by atoms with E-state index in [9.17, 15) is 10.0 Å². The van der Waals surface area contributed by atoms with E-state index in [0.717, 1.165) is 16.8 Å². The third-order valence-corrected chi connectivity index (χ3v) is 5.71. The summed E-state index contributed by atoms with van der Waals surface area (Å²) in [7, 11) is 0. The largest absolute Gasteiger partial charge is 0.488 e. The molecule has 0 radical (unpaired) electrons. The molecule has 146 valence electrons. The van der Waals surface area contributed by atoms with Gasteiger partial charge in [0, 0.05) is 16.5 Å². The highest BCUT2D eigenvalue weighted by Gasteiger charge is 2.26. The molecule has 28 heavy (non-hydrogen) atoms. The number of hydrogen-bond acceptors (Lipinski definition) is 4. The van der Waals surface area contributed by atoms with E-state index in [2.05, 4.69) is 35.3 Å². The van der Waals surface area contributed by atoms with Crippen LogP contribution in [0.1, 0.15) is 49.1 Å². The number of H-pyrrole nitrogens is 1. The molecular weight excluding hydrogens is 352 g/mol. The first kappa shape index (κ1) is 18.7. The van der Waals surface area contributed by atoms with Gasteiger partial charge in [-0.1, -0.05) is 37.5 Å². The van der Waals surface area contributed by atoms with Crippen molar-refractivity contribution < 1.29 is 9.84 Å². The van der Waals surface area contributed by atoms with Crippen molar-refractivity contribution in [3.05, 3.63) is 52.4 Å². The summed E-state index contributed by atoms with van der Waals surface area (Å²) in [6.45, 7) is 2.10. The number of ether oxygens (including phenoxy) is 1. The molecule has 0 unspecified atom stereocenters. The number of aryl methyl sites for hydroxylation is 1. The summed E-state index contributed by atoms with van der Waals surface area (Å²) in [5.41, 5.74) is 5.72. The molecule has 5 heteroatoms. The molecule has 0 amide bonds. The minimum absolute atomic E-state index is 0.117. The highest BCUT2D eigenvalue weighted by Crippen LogP contribution is 2.46. The molecule has 2 aromatic carbocycles. The van der Waals surface area contributed by atoms with Crippen LogP contribution in [0, 0.1) is 11.8 Å². The van der Waals surface area contributed by atoms with E-state index >= 15 is 0 Å². The van der Waals surface area contributed by atoms with Crippen molar-refractivity contribution in [2.75, 3.05) is 13.2 Å². The van der Waals surface area contributed by atoms with Gasteiger partial charge in [-0.15, -0.1) is 4.91 Å². The number of aromatic amines is 1. The molecule has 3 aromatic rings. The number of benzene rings is 2. The number of aromatic nitrogens is 1. The van der Waals surface area contributed by atoms with Crippen molar-refractivity contribution >= 4 is 16.6 Å². The molecule has 0 saturated heterocycles. The van der Waals surface area contributed by atoms with Gasteiger partial charge in [-0.3, -0.25) is 0 Å². The molecule has 0 aliphatic heterocycles. The van der Waals surface area contributed by atoms with E-state index in [1.54, 1.807) is 6.07 Å². The lowest BCUT2D eigenvalue weighted by Gasteiger charge is -2.23. The summed E-state index contributed by atoms with van der Waals surface area (Å²) in [5, 5.41) is 13.6. The SMILES string of the molecule is Cc1ccc2c(C3CCCCC3)c(-c3cccc(N=O)c3OCCO)[nH]c2c1. The Balaban J connectivity index is 1.94. The van der Waals surface area contributed by atoms with Gasteiger partial charge in [0.2, 0.25) is 0 Å². The fraction of sp³-hybridized carbons (Fsp3) is 0.391. The zero-order valence-electron chi connectivity index (χ0n) is 16.2. The quantitative estimate of drug-likeness (QED) is 0.520. The first-order chi connectivity index (χ1) is 13.7. The Bertz CT molecular complexity index is 987. The monoisotopic (exact) mass is 378 g/mol. The van der Waals surface area contributed by atoms with Crippen molar-refractivity contribution in [1.29, 1.82) is 0 Å². The Morgan fingerprint density at radius 3 is 2.75 bits per heavy atom. The second-order valence-electron chi connectivity index (χ2n) is 7.61. The van der Waals surface area contributed by atoms with E-state index in [1.807, 2.05) is 12.1 Å². The number of nitroso groups, excluding NO2 is 1. The fourth-order valence-corrected chi connectivity index (χ4v) is 4.45. The minimum Gasteiger partial charge on any atom is -0.488 e. The molecule has 4 rings (SSSR count). The maximum atomic E-state index is 11.4. The topological polar surface area (TPSA) is 74.7 Å². The Morgan fingerprint density at radius 1 is 1.18 bits per heavy atom.